The Morgan fingerprint density at radius 3 is 3.00 bits per heavy atom. The van der Waals surface area contributed by atoms with Crippen LogP contribution in [0.15, 0.2) is 30.0 Å². The molecule has 0 aliphatic heterocycles. The van der Waals surface area contributed by atoms with Crippen molar-refractivity contribution in [1.82, 2.24) is 15.3 Å². The Labute approximate surface area is 104 Å². The Hall–Kier alpha value is -1.33. The molecule has 0 radical (unpaired) electrons. The second-order valence-corrected chi connectivity index (χ2v) is 4.62. The van der Waals surface area contributed by atoms with Gasteiger partial charge in [0, 0.05) is 35.8 Å². The number of rotatable bonds is 5. The van der Waals surface area contributed by atoms with E-state index in [1.165, 1.54) is 6.20 Å². The highest BCUT2D eigenvalue weighted by Crippen LogP contribution is 2.21. The number of nitrogens with zero attached hydrogens (tertiary/aromatic N) is 2. The Balaban J connectivity index is 2.20. The van der Waals surface area contributed by atoms with Crippen LogP contribution in [0.2, 0.25) is 0 Å². The van der Waals surface area contributed by atoms with Gasteiger partial charge in [0.1, 0.15) is 5.82 Å². The summed E-state index contributed by atoms with van der Waals surface area (Å²) in [5.41, 5.74) is 0.650. The second-order valence-electron chi connectivity index (χ2n) is 3.64. The zero-order valence-corrected chi connectivity index (χ0v) is 10.4. The van der Waals surface area contributed by atoms with Gasteiger partial charge in [-0.15, -0.1) is 11.3 Å². The molecule has 3 nitrogen and oxygen atoms in total. The maximum absolute atomic E-state index is 13.7. The first-order valence-electron chi connectivity index (χ1n) is 5.52. The lowest BCUT2D eigenvalue weighted by atomic mass is 10.1. The number of likely N-dealkylation sites (N-methyl/N-ethyl adjacent to an activating group) is 1. The lowest BCUT2D eigenvalue weighted by Crippen LogP contribution is -2.24. The Bertz CT molecular complexity index is 459. The van der Waals surface area contributed by atoms with E-state index in [4.69, 9.17) is 0 Å². The zero-order valence-electron chi connectivity index (χ0n) is 9.56. The molecule has 2 aromatic rings. The fourth-order valence-electron chi connectivity index (χ4n) is 1.74. The molecule has 2 rings (SSSR count). The first-order valence-corrected chi connectivity index (χ1v) is 6.40. The van der Waals surface area contributed by atoms with Crippen LogP contribution in [0.3, 0.4) is 0 Å². The Morgan fingerprint density at radius 2 is 2.35 bits per heavy atom. The van der Waals surface area contributed by atoms with Crippen molar-refractivity contribution >= 4 is 11.3 Å². The van der Waals surface area contributed by atoms with Crippen molar-refractivity contribution in [3.8, 4) is 0 Å². The van der Waals surface area contributed by atoms with Gasteiger partial charge in [-0.05, 0) is 12.6 Å². The predicted octanol–water partition coefficient (Wildman–Crippen LogP) is 2.57. The molecule has 90 valence electrons. The van der Waals surface area contributed by atoms with Crippen molar-refractivity contribution in [3.05, 3.63) is 46.4 Å². The smallest absolute Gasteiger partial charge is 0.146 e. The Morgan fingerprint density at radius 1 is 1.47 bits per heavy atom. The van der Waals surface area contributed by atoms with Gasteiger partial charge < -0.3 is 5.32 Å². The van der Waals surface area contributed by atoms with Gasteiger partial charge in [-0.2, -0.15) is 0 Å². The first-order chi connectivity index (χ1) is 8.31. The number of nitrogens with one attached hydrogen (secondary N) is 1. The van der Waals surface area contributed by atoms with Gasteiger partial charge >= 0.3 is 0 Å². The third-order valence-corrected chi connectivity index (χ3v) is 3.29. The van der Waals surface area contributed by atoms with Crippen LogP contribution in [0, 0.1) is 5.82 Å². The van der Waals surface area contributed by atoms with E-state index in [-0.39, 0.29) is 11.9 Å². The molecule has 0 saturated heterocycles. The van der Waals surface area contributed by atoms with E-state index in [1.807, 2.05) is 12.3 Å². The monoisotopic (exact) mass is 251 g/mol. The van der Waals surface area contributed by atoms with E-state index < -0.39 is 0 Å². The summed E-state index contributed by atoms with van der Waals surface area (Å²) in [6, 6.07) is 1.67. The minimum Gasteiger partial charge on any atom is -0.310 e. The molecule has 5 heteroatoms. The molecule has 1 unspecified atom stereocenters. The SMILES string of the molecule is CCNC(Cc1nccs1)c1ccncc1F. The Kier molecular flexibility index (Phi) is 4.17. The average molecular weight is 251 g/mol. The average Bonchev–Trinajstić information content (AvgIpc) is 2.82. The maximum atomic E-state index is 13.7. The summed E-state index contributed by atoms with van der Waals surface area (Å²) >= 11 is 1.59. The van der Waals surface area contributed by atoms with E-state index in [9.17, 15) is 4.39 Å². The highest BCUT2D eigenvalue weighted by Gasteiger charge is 2.16. The van der Waals surface area contributed by atoms with Crippen molar-refractivity contribution < 1.29 is 4.39 Å². The zero-order chi connectivity index (χ0) is 12.1. The summed E-state index contributed by atoms with van der Waals surface area (Å²) < 4.78 is 13.7. The highest BCUT2D eigenvalue weighted by molar-refractivity contribution is 7.09. The van der Waals surface area contributed by atoms with Gasteiger partial charge in [0.2, 0.25) is 0 Å². The summed E-state index contributed by atoms with van der Waals surface area (Å²) in [5, 5.41) is 6.22. The number of pyridine rings is 1. The van der Waals surface area contributed by atoms with Crippen molar-refractivity contribution in [2.45, 2.75) is 19.4 Å². The number of hydrogen-bond donors (Lipinski definition) is 1. The number of thiazole rings is 1. The molecule has 0 spiro atoms. The normalized spacial score (nSPS) is 12.6. The minimum absolute atomic E-state index is 0.0471. The molecule has 0 amide bonds. The third-order valence-electron chi connectivity index (χ3n) is 2.49. The molecular formula is C12H14FN3S. The molecule has 0 aromatic carbocycles. The quantitative estimate of drug-likeness (QED) is 0.887. The topological polar surface area (TPSA) is 37.8 Å². The van der Waals surface area contributed by atoms with Crippen molar-refractivity contribution in [3.63, 3.8) is 0 Å². The molecule has 0 aliphatic carbocycles. The lowest BCUT2D eigenvalue weighted by molar-refractivity contribution is 0.506. The van der Waals surface area contributed by atoms with E-state index in [0.29, 0.717) is 12.0 Å². The van der Waals surface area contributed by atoms with Crippen LogP contribution in [0.1, 0.15) is 23.5 Å². The second kappa shape index (κ2) is 5.84. The maximum Gasteiger partial charge on any atom is 0.146 e. The van der Waals surface area contributed by atoms with Gasteiger partial charge in [0.25, 0.3) is 0 Å². The van der Waals surface area contributed by atoms with Crippen molar-refractivity contribution in [2.24, 2.45) is 0 Å². The van der Waals surface area contributed by atoms with Gasteiger partial charge in [-0.3, -0.25) is 4.98 Å². The van der Waals surface area contributed by atoms with Crippen LogP contribution >= 0.6 is 11.3 Å². The molecule has 0 aliphatic rings. The van der Waals surface area contributed by atoms with Crippen LogP contribution in [0.5, 0.6) is 0 Å². The van der Waals surface area contributed by atoms with Crippen LogP contribution in [0.4, 0.5) is 4.39 Å². The lowest BCUT2D eigenvalue weighted by Gasteiger charge is -2.17. The van der Waals surface area contributed by atoms with E-state index >= 15 is 0 Å². The molecule has 0 bridgehead atoms. The van der Waals surface area contributed by atoms with Crippen LogP contribution in [0.25, 0.3) is 0 Å². The van der Waals surface area contributed by atoms with E-state index in [1.54, 1.807) is 29.8 Å². The van der Waals surface area contributed by atoms with Crippen molar-refractivity contribution in [1.29, 1.82) is 0 Å². The van der Waals surface area contributed by atoms with E-state index in [2.05, 4.69) is 15.3 Å². The molecule has 17 heavy (non-hydrogen) atoms. The first kappa shape index (κ1) is 12.1. The fraction of sp³-hybridized carbons (Fsp3) is 0.333. The van der Waals surface area contributed by atoms with Crippen molar-refractivity contribution in [2.75, 3.05) is 6.54 Å². The van der Waals surface area contributed by atoms with Gasteiger partial charge in [-0.1, -0.05) is 6.92 Å². The van der Waals surface area contributed by atoms with Gasteiger partial charge in [-0.25, -0.2) is 9.37 Å². The summed E-state index contributed by atoms with van der Waals surface area (Å²) in [7, 11) is 0. The van der Waals surface area contributed by atoms with Gasteiger partial charge in [0.05, 0.1) is 11.2 Å². The summed E-state index contributed by atoms with van der Waals surface area (Å²) in [4.78, 5) is 8.00. The third kappa shape index (κ3) is 3.08. The fourth-order valence-corrected chi connectivity index (χ4v) is 2.40. The summed E-state index contributed by atoms with van der Waals surface area (Å²) in [5.74, 6) is -0.269. The predicted molar refractivity (Wildman–Crippen MR) is 66.4 cm³/mol. The van der Waals surface area contributed by atoms with Crippen LogP contribution < -0.4 is 5.32 Å². The standard InChI is InChI=1S/C12H14FN3S/c1-2-15-11(7-12-16-5-6-17-12)9-3-4-14-8-10(9)13/h3-6,8,11,15H,2,7H2,1H3. The molecular weight excluding hydrogens is 237 g/mol. The molecule has 2 aromatic heterocycles. The minimum atomic E-state index is -0.269. The van der Waals surface area contributed by atoms with Crippen LogP contribution in [-0.4, -0.2) is 16.5 Å². The molecule has 1 N–H and O–H groups in total. The number of halogens is 1. The van der Waals surface area contributed by atoms with Gasteiger partial charge in [0.15, 0.2) is 0 Å². The van der Waals surface area contributed by atoms with Crippen LogP contribution in [-0.2, 0) is 6.42 Å². The molecule has 0 saturated carbocycles. The number of aromatic nitrogens is 2. The largest absolute Gasteiger partial charge is 0.310 e. The summed E-state index contributed by atoms with van der Waals surface area (Å²) in [6.07, 6.45) is 5.34. The van der Waals surface area contributed by atoms with E-state index in [0.717, 1.165) is 11.6 Å². The number of hydrogen-bond acceptors (Lipinski definition) is 4. The highest BCUT2D eigenvalue weighted by atomic mass is 32.1. The molecule has 2 heterocycles. The summed E-state index contributed by atoms with van der Waals surface area (Å²) in [6.45, 7) is 2.80. The molecule has 1 atom stereocenters. The molecule has 0 fully saturated rings.